The van der Waals surface area contributed by atoms with Gasteiger partial charge >= 0.3 is 0 Å². The highest BCUT2D eigenvalue weighted by molar-refractivity contribution is 5.31. The topological polar surface area (TPSA) is 0 Å². The Hall–Kier alpha value is -0.520. The van der Waals surface area contributed by atoms with Crippen LogP contribution in [0.5, 0.6) is 0 Å². The van der Waals surface area contributed by atoms with Gasteiger partial charge in [0, 0.05) is 0 Å². The van der Waals surface area contributed by atoms with E-state index in [-0.39, 0.29) is 0 Å². The van der Waals surface area contributed by atoms with Crippen LogP contribution in [0.4, 0.5) is 0 Å². The predicted molar refractivity (Wildman–Crippen MR) is 64.7 cm³/mol. The summed E-state index contributed by atoms with van der Waals surface area (Å²) in [5, 5.41) is 0. The second kappa shape index (κ2) is 4.15. The maximum absolute atomic E-state index is 2.48. The maximum Gasteiger partial charge on any atom is -0.00146 e. The van der Waals surface area contributed by atoms with Gasteiger partial charge in [0.15, 0.2) is 0 Å². The lowest BCUT2D eigenvalue weighted by Crippen LogP contribution is -2.01. The van der Waals surface area contributed by atoms with Gasteiger partial charge < -0.3 is 0 Å². The molecule has 0 heteroatoms. The molecule has 2 unspecified atom stereocenters. The molecular formula is C15H22. The maximum atomic E-state index is 2.48. The molecule has 3 aliphatic carbocycles. The number of rotatable bonds is 0. The lowest BCUT2D eigenvalue weighted by Gasteiger charge is -2.19. The Morgan fingerprint density at radius 3 is 2.20 bits per heavy atom. The summed E-state index contributed by atoms with van der Waals surface area (Å²) in [7, 11) is 0. The Balaban J connectivity index is 1.78. The molecule has 2 atom stereocenters. The normalized spacial score (nSPS) is 35.7. The molecule has 2 saturated carbocycles. The molecule has 0 nitrogen and oxygen atoms in total. The highest BCUT2D eigenvalue weighted by Gasteiger charge is 2.32. The molecule has 0 aromatic carbocycles. The molecule has 0 radical (unpaired) electrons. The van der Waals surface area contributed by atoms with E-state index in [0.717, 1.165) is 11.8 Å². The Morgan fingerprint density at radius 1 is 0.867 bits per heavy atom. The molecule has 0 spiro atoms. The first-order valence-corrected chi connectivity index (χ1v) is 6.82. The van der Waals surface area contributed by atoms with Gasteiger partial charge in [0.25, 0.3) is 0 Å². The summed E-state index contributed by atoms with van der Waals surface area (Å²) in [6, 6.07) is 0. The third-order valence-corrected chi connectivity index (χ3v) is 4.51. The smallest absolute Gasteiger partial charge is 0.00146 e. The molecule has 0 heterocycles. The van der Waals surface area contributed by atoms with Crippen LogP contribution < -0.4 is 0 Å². The molecule has 2 bridgehead atoms. The van der Waals surface area contributed by atoms with Crippen molar-refractivity contribution < 1.29 is 0 Å². The first-order chi connectivity index (χ1) is 7.43. The summed E-state index contributed by atoms with van der Waals surface area (Å²) in [5.74, 6) is 1.78. The van der Waals surface area contributed by atoms with Crippen molar-refractivity contribution in [3.8, 4) is 0 Å². The lowest BCUT2D eigenvalue weighted by molar-refractivity contribution is 0.560. The quantitative estimate of drug-likeness (QED) is 0.503. The van der Waals surface area contributed by atoms with Gasteiger partial charge in [-0.25, -0.2) is 0 Å². The summed E-state index contributed by atoms with van der Waals surface area (Å²) in [5.41, 5.74) is 3.73. The summed E-state index contributed by atoms with van der Waals surface area (Å²) in [6.45, 7) is 0. The van der Waals surface area contributed by atoms with Crippen LogP contribution >= 0.6 is 0 Å². The summed E-state index contributed by atoms with van der Waals surface area (Å²) in [4.78, 5) is 0. The van der Waals surface area contributed by atoms with Crippen molar-refractivity contribution in [3.05, 3.63) is 23.3 Å². The van der Waals surface area contributed by atoms with Gasteiger partial charge in [0.2, 0.25) is 0 Å². The number of hydrogen-bond acceptors (Lipinski definition) is 0. The van der Waals surface area contributed by atoms with Crippen molar-refractivity contribution in [1.82, 2.24) is 0 Å². The zero-order chi connectivity index (χ0) is 10.1. The fourth-order valence-electron chi connectivity index (χ4n) is 3.68. The van der Waals surface area contributed by atoms with Gasteiger partial charge in [-0.2, -0.15) is 0 Å². The molecule has 2 fully saturated rings. The molecule has 15 heavy (non-hydrogen) atoms. The van der Waals surface area contributed by atoms with Gasteiger partial charge in [-0.3, -0.25) is 0 Å². The van der Waals surface area contributed by atoms with E-state index >= 15 is 0 Å². The molecule has 0 amide bonds. The van der Waals surface area contributed by atoms with Crippen molar-refractivity contribution in [1.29, 1.82) is 0 Å². The summed E-state index contributed by atoms with van der Waals surface area (Å²) in [6.07, 6.45) is 18.0. The molecule has 3 rings (SSSR count). The zero-order valence-electron chi connectivity index (χ0n) is 9.67. The van der Waals surface area contributed by atoms with Gasteiger partial charge in [0.1, 0.15) is 0 Å². The van der Waals surface area contributed by atoms with Crippen molar-refractivity contribution in [2.24, 2.45) is 11.8 Å². The highest BCUT2D eigenvalue weighted by Crippen LogP contribution is 2.46. The molecule has 0 aromatic rings. The highest BCUT2D eigenvalue weighted by atomic mass is 14.4. The molecule has 82 valence electrons. The van der Waals surface area contributed by atoms with Crippen molar-refractivity contribution in [2.45, 2.75) is 57.8 Å². The standard InChI is InChI=1S/C15H22/c1-2-4-6-13(7-5-3-1)15-11-12-8-9-14(15)10-12/h8-9,12,14H,1-7,10-11H2. The molecule has 0 aromatic heterocycles. The largest absolute Gasteiger partial charge is 0.0845 e. The average molecular weight is 202 g/mol. The molecule has 0 N–H and O–H groups in total. The minimum absolute atomic E-state index is 0.865. The van der Waals surface area contributed by atoms with E-state index in [1.54, 1.807) is 0 Å². The second-order valence-electron chi connectivity index (χ2n) is 5.59. The lowest BCUT2D eigenvalue weighted by atomic mass is 9.87. The minimum atomic E-state index is 0.865. The van der Waals surface area contributed by atoms with E-state index in [2.05, 4.69) is 12.2 Å². The third-order valence-electron chi connectivity index (χ3n) is 4.51. The fraction of sp³-hybridized carbons (Fsp3) is 0.733. The number of fused-ring (bicyclic) bond motifs is 2. The van der Waals surface area contributed by atoms with Gasteiger partial charge in [-0.05, 0) is 50.4 Å². The van der Waals surface area contributed by atoms with Crippen LogP contribution in [0, 0.1) is 11.8 Å². The summed E-state index contributed by atoms with van der Waals surface area (Å²) < 4.78 is 0. The van der Waals surface area contributed by atoms with Crippen LogP contribution in [0.2, 0.25) is 0 Å². The Bertz CT molecular complexity index is 285. The second-order valence-corrected chi connectivity index (χ2v) is 5.59. The van der Waals surface area contributed by atoms with E-state index in [9.17, 15) is 0 Å². The van der Waals surface area contributed by atoms with Crippen LogP contribution in [-0.4, -0.2) is 0 Å². The zero-order valence-corrected chi connectivity index (χ0v) is 9.67. The first-order valence-electron chi connectivity index (χ1n) is 6.82. The van der Waals surface area contributed by atoms with Gasteiger partial charge in [-0.15, -0.1) is 0 Å². The van der Waals surface area contributed by atoms with Crippen LogP contribution in [0.3, 0.4) is 0 Å². The fourth-order valence-corrected chi connectivity index (χ4v) is 3.68. The van der Waals surface area contributed by atoms with E-state index in [4.69, 9.17) is 0 Å². The van der Waals surface area contributed by atoms with Gasteiger partial charge in [0.05, 0.1) is 0 Å². The molecular weight excluding hydrogens is 180 g/mol. The summed E-state index contributed by atoms with van der Waals surface area (Å²) >= 11 is 0. The van der Waals surface area contributed by atoms with Crippen molar-refractivity contribution in [3.63, 3.8) is 0 Å². The third kappa shape index (κ3) is 1.91. The number of hydrogen-bond donors (Lipinski definition) is 0. The minimum Gasteiger partial charge on any atom is -0.0845 e. The van der Waals surface area contributed by atoms with Crippen LogP contribution in [0.1, 0.15) is 57.8 Å². The first kappa shape index (κ1) is 9.69. The number of allylic oxidation sites excluding steroid dienone is 4. The van der Waals surface area contributed by atoms with Crippen LogP contribution in [0.25, 0.3) is 0 Å². The molecule has 0 saturated heterocycles. The Kier molecular flexibility index (Phi) is 2.68. The van der Waals surface area contributed by atoms with Crippen LogP contribution in [-0.2, 0) is 0 Å². The van der Waals surface area contributed by atoms with Crippen molar-refractivity contribution >= 4 is 0 Å². The van der Waals surface area contributed by atoms with Crippen molar-refractivity contribution in [2.75, 3.05) is 0 Å². The predicted octanol–water partition coefficient (Wildman–Crippen LogP) is 4.62. The Morgan fingerprint density at radius 2 is 1.60 bits per heavy atom. The molecule has 0 aliphatic heterocycles. The molecule has 3 aliphatic rings. The SMILES string of the molecule is C1=CC2CC1CC2=C1CCCCCCC1. The van der Waals surface area contributed by atoms with Gasteiger partial charge in [-0.1, -0.05) is 42.6 Å². The monoisotopic (exact) mass is 202 g/mol. The van der Waals surface area contributed by atoms with E-state index < -0.39 is 0 Å². The van der Waals surface area contributed by atoms with E-state index in [1.165, 1.54) is 57.8 Å². The average Bonchev–Trinajstić information content (AvgIpc) is 2.78. The Labute approximate surface area is 93.5 Å². The van der Waals surface area contributed by atoms with E-state index in [0.29, 0.717) is 0 Å². The van der Waals surface area contributed by atoms with Crippen LogP contribution in [0.15, 0.2) is 23.3 Å². The van der Waals surface area contributed by atoms with E-state index in [1.807, 2.05) is 11.1 Å².